The van der Waals surface area contributed by atoms with Crippen molar-refractivity contribution in [3.63, 3.8) is 0 Å². The minimum atomic E-state index is 0.0920. The number of allylic oxidation sites excluding steroid dienone is 1. The van der Waals surface area contributed by atoms with Gasteiger partial charge in [0.1, 0.15) is 0 Å². The fourth-order valence-corrected chi connectivity index (χ4v) is 1.76. The molecule has 0 bridgehead atoms. The minimum Gasteiger partial charge on any atom is -0.364 e. The molecule has 0 fully saturated rings. The molecule has 0 aliphatic carbocycles. The summed E-state index contributed by atoms with van der Waals surface area (Å²) in [6.07, 6.45) is 3.70. The maximum absolute atomic E-state index is 11.5. The van der Waals surface area contributed by atoms with Gasteiger partial charge >= 0.3 is 0 Å². The van der Waals surface area contributed by atoms with Gasteiger partial charge in [0, 0.05) is 23.0 Å². The number of rotatable bonds is 3. The number of halogens is 2. The normalized spacial score (nSPS) is 11.9. The highest BCUT2D eigenvalue weighted by molar-refractivity contribution is 9.11. The van der Waals surface area contributed by atoms with Crippen molar-refractivity contribution in [2.75, 3.05) is 5.33 Å². The largest absolute Gasteiger partial charge is 0.364 e. The standard InChI is InChI=1S/C10H11Br2NO/c1-6(12)3-8-7(2)13-5-9(8)10(14)4-11/h3,5,13H,4H2,1-2H3/b6-3+. The Bertz CT molecular complexity index is 375. The average molecular weight is 321 g/mol. The minimum absolute atomic E-state index is 0.0920. The summed E-state index contributed by atoms with van der Waals surface area (Å²) in [5, 5.41) is 0.354. The van der Waals surface area contributed by atoms with Crippen molar-refractivity contribution >= 4 is 43.7 Å². The lowest BCUT2D eigenvalue weighted by Crippen LogP contribution is -2.00. The van der Waals surface area contributed by atoms with Crippen molar-refractivity contribution in [1.29, 1.82) is 0 Å². The molecule has 0 spiro atoms. The second kappa shape index (κ2) is 4.94. The molecular formula is C10H11Br2NO. The molecule has 1 aromatic heterocycles. The Balaban J connectivity index is 3.19. The lowest BCUT2D eigenvalue weighted by Gasteiger charge is -1.97. The smallest absolute Gasteiger partial charge is 0.175 e. The van der Waals surface area contributed by atoms with Crippen LogP contribution in [0.4, 0.5) is 0 Å². The zero-order valence-electron chi connectivity index (χ0n) is 8.03. The number of hydrogen-bond acceptors (Lipinski definition) is 1. The van der Waals surface area contributed by atoms with E-state index in [1.54, 1.807) is 6.20 Å². The van der Waals surface area contributed by atoms with Crippen LogP contribution in [0.3, 0.4) is 0 Å². The van der Waals surface area contributed by atoms with Crippen molar-refractivity contribution in [1.82, 2.24) is 4.98 Å². The molecule has 0 aliphatic rings. The average Bonchev–Trinajstić information content (AvgIpc) is 2.46. The van der Waals surface area contributed by atoms with Crippen molar-refractivity contribution in [3.8, 4) is 0 Å². The van der Waals surface area contributed by atoms with Gasteiger partial charge in [-0.15, -0.1) is 0 Å². The highest BCUT2D eigenvalue weighted by Crippen LogP contribution is 2.20. The van der Waals surface area contributed by atoms with Crippen LogP contribution < -0.4 is 0 Å². The first kappa shape index (κ1) is 11.7. The lowest BCUT2D eigenvalue weighted by atomic mass is 10.1. The number of aromatic nitrogens is 1. The molecule has 0 saturated carbocycles. The zero-order chi connectivity index (χ0) is 10.7. The van der Waals surface area contributed by atoms with Gasteiger partial charge in [0.25, 0.3) is 0 Å². The van der Waals surface area contributed by atoms with Gasteiger partial charge in [-0.1, -0.05) is 31.9 Å². The second-order valence-electron chi connectivity index (χ2n) is 3.03. The first-order valence-electron chi connectivity index (χ1n) is 4.17. The number of alkyl halides is 1. The van der Waals surface area contributed by atoms with Crippen LogP contribution in [0, 0.1) is 6.92 Å². The molecule has 1 aromatic rings. The highest BCUT2D eigenvalue weighted by atomic mass is 79.9. The SMILES string of the molecule is C/C(Br)=C\c1c(C(=O)CBr)c[nH]c1C. The maximum atomic E-state index is 11.5. The number of aromatic amines is 1. The summed E-state index contributed by atoms with van der Waals surface area (Å²) in [7, 11) is 0. The summed E-state index contributed by atoms with van der Waals surface area (Å²) in [4.78, 5) is 14.6. The monoisotopic (exact) mass is 319 g/mol. The van der Waals surface area contributed by atoms with Gasteiger partial charge in [-0.2, -0.15) is 0 Å². The second-order valence-corrected chi connectivity index (χ2v) is 4.84. The Labute approximate surface area is 100 Å². The fraction of sp³-hybridized carbons (Fsp3) is 0.300. The summed E-state index contributed by atoms with van der Waals surface area (Å²) in [6.45, 7) is 3.89. The van der Waals surface area contributed by atoms with E-state index < -0.39 is 0 Å². The van der Waals surface area contributed by atoms with Crippen LogP contribution >= 0.6 is 31.9 Å². The van der Waals surface area contributed by atoms with Crippen LogP contribution in [-0.4, -0.2) is 16.1 Å². The molecule has 1 heterocycles. The van der Waals surface area contributed by atoms with E-state index in [1.165, 1.54) is 0 Å². The molecule has 14 heavy (non-hydrogen) atoms. The Kier molecular flexibility index (Phi) is 4.13. The van der Waals surface area contributed by atoms with Crippen LogP contribution in [0.15, 0.2) is 10.7 Å². The Hall–Kier alpha value is -0.350. The van der Waals surface area contributed by atoms with Gasteiger partial charge < -0.3 is 4.98 Å². The summed E-state index contributed by atoms with van der Waals surface area (Å²) >= 11 is 6.52. The summed E-state index contributed by atoms with van der Waals surface area (Å²) < 4.78 is 1.00. The Morgan fingerprint density at radius 2 is 2.29 bits per heavy atom. The molecule has 76 valence electrons. The Morgan fingerprint density at radius 1 is 1.64 bits per heavy atom. The van der Waals surface area contributed by atoms with E-state index in [9.17, 15) is 4.79 Å². The summed E-state index contributed by atoms with van der Waals surface area (Å²) in [6, 6.07) is 0. The molecular weight excluding hydrogens is 310 g/mol. The van der Waals surface area contributed by atoms with Crippen molar-refractivity contribution < 1.29 is 4.79 Å². The van der Waals surface area contributed by atoms with Gasteiger partial charge in [0.15, 0.2) is 5.78 Å². The number of H-pyrrole nitrogens is 1. The first-order chi connectivity index (χ1) is 6.56. The van der Waals surface area contributed by atoms with Gasteiger partial charge in [-0.05, 0) is 24.4 Å². The van der Waals surface area contributed by atoms with E-state index >= 15 is 0 Å². The number of Topliss-reactive ketones (excluding diaryl/α,β-unsaturated/α-hetero) is 1. The zero-order valence-corrected chi connectivity index (χ0v) is 11.2. The van der Waals surface area contributed by atoms with Crippen LogP contribution in [0.5, 0.6) is 0 Å². The molecule has 0 amide bonds. The van der Waals surface area contributed by atoms with Crippen LogP contribution in [0.25, 0.3) is 6.08 Å². The molecule has 0 atom stereocenters. The maximum Gasteiger partial charge on any atom is 0.175 e. The fourth-order valence-electron chi connectivity index (χ4n) is 1.23. The van der Waals surface area contributed by atoms with Crippen LogP contribution in [-0.2, 0) is 0 Å². The summed E-state index contributed by atoms with van der Waals surface area (Å²) in [5.41, 5.74) is 2.70. The topological polar surface area (TPSA) is 32.9 Å². The first-order valence-corrected chi connectivity index (χ1v) is 6.08. The van der Waals surface area contributed by atoms with Gasteiger partial charge in [-0.25, -0.2) is 0 Å². The van der Waals surface area contributed by atoms with Crippen LogP contribution in [0.2, 0.25) is 0 Å². The third-order valence-electron chi connectivity index (χ3n) is 1.89. The highest BCUT2D eigenvalue weighted by Gasteiger charge is 2.12. The molecule has 1 rings (SSSR count). The third kappa shape index (κ3) is 2.58. The van der Waals surface area contributed by atoms with E-state index in [0.717, 1.165) is 21.3 Å². The lowest BCUT2D eigenvalue weighted by molar-refractivity contribution is 0.102. The van der Waals surface area contributed by atoms with Gasteiger partial charge in [-0.3, -0.25) is 4.79 Å². The Morgan fingerprint density at radius 3 is 2.79 bits per heavy atom. The van der Waals surface area contributed by atoms with Gasteiger partial charge in [0.05, 0.1) is 5.33 Å². The van der Waals surface area contributed by atoms with Crippen molar-refractivity contribution in [2.45, 2.75) is 13.8 Å². The number of aryl methyl sites for hydroxylation is 1. The molecule has 1 N–H and O–H groups in total. The molecule has 0 radical (unpaired) electrons. The number of hydrogen-bond donors (Lipinski definition) is 1. The van der Waals surface area contributed by atoms with E-state index in [0.29, 0.717) is 5.33 Å². The predicted octanol–water partition coefficient (Wildman–Crippen LogP) is 3.66. The van der Waals surface area contributed by atoms with Gasteiger partial charge in [0.2, 0.25) is 0 Å². The molecule has 0 aliphatic heterocycles. The third-order valence-corrected chi connectivity index (χ3v) is 2.63. The molecule has 0 unspecified atom stereocenters. The van der Waals surface area contributed by atoms with Crippen molar-refractivity contribution in [2.24, 2.45) is 0 Å². The van der Waals surface area contributed by atoms with E-state index in [-0.39, 0.29) is 5.78 Å². The number of ketones is 1. The van der Waals surface area contributed by atoms with E-state index in [4.69, 9.17) is 0 Å². The molecule has 4 heteroatoms. The van der Waals surface area contributed by atoms with E-state index in [1.807, 2.05) is 19.9 Å². The van der Waals surface area contributed by atoms with Crippen LogP contribution in [0.1, 0.15) is 28.5 Å². The molecule has 0 saturated heterocycles. The molecule has 0 aromatic carbocycles. The number of carbonyl (C=O) groups is 1. The van der Waals surface area contributed by atoms with E-state index in [2.05, 4.69) is 36.8 Å². The number of nitrogens with one attached hydrogen (secondary N) is 1. The quantitative estimate of drug-likeness (QED) is 0.669. The number of carbonyl (C=O) groups excluding carboxylic acids is 1. The predicted molar refractivity (Wildman–Crippen MR) is 66.2 cm³/mol. The van der Waals surface area contributed by atoms with Crippen molar-refractivity contribution in [3.05, 3.63) is 27.5 Å². The summed E-state index contributed by atoms with van der Waals surface area (Å²) in [5.74, 6) is 0.0920. The molecule has 2 nitrogen and oxygen atoms in total.